The number of aliphatic hydroxyl groups is 1. The van der Waals surface area contributed by atoms with E-state index in [0.717, 1.165) is 11.1 Å². The van der Waals surface area contributed by atoms with Gasteiger partial charge in [-0.05, 0) is 26.3 Å². The van der Waals surface area contributed by atoms with Gasteiger partial charge in [0, 0.05) is 12.1 Å². The van der Waals surface area contributed by atoms with Crippen molar-refractivity contribution in [3.8, 4) is 0 Å². The molecule has 1 unspecified atom stereocenters. The number of aryl methyl sites for hydroxylation is 2. The van der Waals surface area contributed by atoms with Gasteiger partial charge in [-0.1, -0.05) is 29.8 Å². The number of amides is 1. The first-order chi connectivity index (χ1) is 11.8. The Kier molecular flexibility index (Phi) is 5.98. The minimum Gasteiger partial charge on any atom is -0.481 e. The zero-order chi connectivity index (χ0) is 18.6. The number of furan rings is 1. The van der Waals surface area contributed by atoms with Crippen LogP contribution in [-0.2, 0) is 11.2 Å². The number of benzene rings is 1. The Morgan fingerprint density at radius 3 is 2.40 bits per heavy atom. The van der Waals surface area contributed by atoms with Gasteiger partial charge in [-0.25, -0.2) is 0 Å². The Bertz CT molecular complexity index is 748. The van der Waals surface area contributed by atoms with Gasteiger partial charge in [0.05, 0.1) is 24.5 Å². The summed E-state index contributed by atoms with van der Waals surface area (Å²) >= 11 is 0. The number of aliphatic hydroxyl groups excluding tert-OH is 1. The molecule has 0 saturated heterocycles. The number of carbonyl (C=O) groups excluding carboxylic acids is 1. The molecule has 1 aromatic heterocycles. The van der Waals surface area contributed by atoms with E-state index >= 15 is 0 Å². The molecule has 25 heavy (non-hydrogen) atoms. The van der Waals surface area contributed by atoms with Crippen molar-refractivity contribution in [2.75, 3.05) is 13.1 Å². The van der Waals surface area contributed by atoms with Crippen molar-refractivity contribution in [2.45, 2.75) is 33.3 Å². The van der Waals surface area contributed by atoms with Gasteiger partial charge >= 0.3 is 5.97 Å². The Balaban J connectivity index is 2.20. The number of aliphatic carboxylic acids is 1. The largest absolute Gasteiger partial charge is 0.481 e. The average Bonchev–Trinajstić information content (AvgIpc) is 2.92. The fraction of sp³-hybridized carbons (Fsp3) is 0.368. The fourth-order valence-electron chi connectivity index (χ4n) is 2.67. The summed E-state index contributed by atoms with van der Waals surface area (Å²) in [7, 11) is 0. The third-order valence-corrected chi connectivity index (χ3v) is 4.10. The lowest BCUT2D eigenvalue weighted by Gasteiger charge is -2.24. The Hall–Kier alpha value is -2.60. The van der Waals surface area contributed by atoms with Crippen molar-refractivity contribution in [1.82, 2.24) is 4.90 Å². The zero-order valence-electron chi connectivity index (χ0n) is 14.7. The first-order valence-electron chi connectivity index (χ1n) is 8.16. The van der Waals surface area contributed by atoms with E-state index in [2.05, 4.69) is 0 Å². The van der Waals surface area contributed by atoms with Gasteiger partial charge in [0.2, 0.25) is 0 Å². The minimum atomic E-state index is -1.06. The number of carboxylic acid groups (broad SMARTS) is 1. The van der Waals surface area contributed by atoms with Gasteiger partial charge in [0.25, 0.3) is 5.91 Å². The highest BCUT2D eigenvalue weighted by molar-refractivity contribution is 5.97. The highest BCUT2D eigenvalue weighted by Crippen LogP contribution is 2.22. The zero-order valence-corrected chi connectivity index (χ0v) is 14.7. The molecule has 1 amide bonds. The number of hydrogen-bond acceptors (Lipinski definition) is 4. The lowest BCUT2D eigenvalue weighted by Crippen LogP contribution is -2.35. The van der Waals surface area contributed by atoms with Gasteiger partial charge in [0.1, 0.15) is 12.2 Å². The number of rotatable bonds is 7. The summed E-state index contributed by atoms with van der Waals surface area (Å²) in [6, 6.07) is 7.47. The number of carboxylic acids is 1. The lowest BCUT2D eigenvalue weighted by atomic mass is 10.1. The molecular formula is C19H23NO5. The van der Waals surface area contributed by atoms with E-state index < -0.39 is 12.1 Å². The smallest absolute Gasteiger partial charge is 0.311 e. The van der Waals surface area contributed by atoms with Crippen molar-refractivity contribution >= 4 is 11.9 Å². The average molecular weight is 345 g/mol. The number of nitrogens with zero attached hydrogens (tertiary/aromatic N) is 1. The van der Waals surface area contributed by atoms with Crippen LogP contribution >= 0.6 is 0 Å². The van der Waals surface area contributed by atoms with Crippen LogP contribution in [-0.4, -0.2) is 40.1 Å². The van der Waals surface area contributed by atoms with E-state index in [1.54, 1.807) is 6.92 Å². The summed E-state index contributed by atoms with van der Waals surface area (Å²) in [5.74, 6) is -1.26. The van der Waals surface area contributed by atoms with E-state index in [9.17, 15) is 14.7 Å². The van der Waals surface area contributed by atoms with E-state index in [0.29, 0.717) is 12.1 Å². The second kappa shape index (κ2) is 7.98. The summed E-state index contributed by atoms with van der Waals surface area (Å²) in [6.45, 7) is 5.98. The molecular weight excluding hydrogens is 322 g/mol. The van der Waals surface area contributed by atoms with Crippen LogP contribution in [0.4, 0.5) is 0 Å². The van der Waals surface area contributed by atoms with Gasteiger partial charge in [-0.2, -0.15) is 0 Å². The Morgan fingerprint density at radius 1 is 1.20 bits per heavy atom. The molecule has 0 spiro atoms. The Morgan fingerprint density at radius 2 is 1.84 bits per heavy atom. The molecule has 1 aromatic carbocycles. The van der Waals surface area contributed by atoms with Crippen LogP contribution in [0.3, 0.4) is 0 Å². The summed E-state index contributed by atoms with van der Waals surface area (Å²) in [6.07, 6.45) is 0.211. The molecule has 134 valence electrons. The number of hydrogen-bond donors (Lipinski definition) is 2. The maximum absolute atomic E-state index is 12.8. The molecule has 2 N–H and O–H groups in total. The van der Waals surface area contributed by atoms with Crippen molar-refractivity contribution in [3.63, 3.8) is 0 Å². The maximum atomic E-state index is 12.8. The molecule has 2 rings (SSSR count). The molecule has 0 radical (unpaired) electrons. The monoisotopic (exact) mass is 345 g/mol. The highest BCUT2D eigenvalue weighted by Gasteiger charge is 2.26. The van der Waals surface area contributed by atoms with Crippen LogP contribution in [0.25, 0.3) is 0 Å². The molecule has 0 aliphatic carbocycles. The third kappa shape index (κ3) is 4.48. The first-order valence-corrected chi connectivity index (χ1v) is 8.16. The summed E-state index contributed by atoms with van der Waals surface area (Å²) in [5.41, 5.74) is 2.67. The maximum Gasteiger partial charge on any atom is 0.311 e. The molecule has 0 aliphatic heterocycles. The number of carbonyl (C=O) groups is 2. The molecule has 0 saturated carbocycles. The summed E-state index contributed by atoms with van der Waals surface area (Å²) < 4.78 is 5.23. The SMILES string of the molecule is CCN(CC(O)c1ccc(C)cc1)C(=O)c1c(C)coc1CC(=O)O. The van der Waals surface area contributed by atoms with Crippen LogP contribution in [0, 0.1) is 13.8 Å². The topological polar surface area (TPSA) is 91.0 Å². The summed E-state index contributed by atoms with van der Waals surface area (Å²) in [4.78, 5) is 25.3. The third-order valence-electron chi connectivity index (χ3n) is 4.10. The molecule has 1 heterocycles. The van der Waals surface area contributed by atoms with Gasteiger partial charge in [-0.3, -0.25) is 9.59 Å². The minimum absolute atomic E-state index is 0.121. The van der Waals surface area contributed by atoms with Gasteiger partial charge in [0.15, 0.2) is 0 Å². The number of likely N-dealkylation sites (N-methyl/N-ethyl adjacent to an activating group) is 1. The van der Waals surface area contributed by atoms with Crippen molar-refractivity contribution in [1.29, 1.82) is 0 Å². The molecule has 0 bridgehead atoms. The van der Waals surface area contributed by atoms with Crippen LogP contribution < -0.4 is 0 Å². The molecule has 0 aliphatic rings. The molecule has 2 aromatic rings. The second-order valence-corrected chi connectivity index (χ2v) is 6.06. The van der Waals surface area contributed by atoms with Crippen molar-refractivity contribution in [2.24, 2.45) is 0 Å². The van der Waals surface area contributed by atoms with Crippen LogP contribution in [0.5, 0.6) is 0 Å². The normalized spacial score (nSPS) is 12.0. The van der Waals surface area contributed by atoms with Gasteiger partial charge < -0.3 is 19.5 Å². The van der Waals surface area contributed by atoms with E-state index in [1.807, 2.05) is 38.1 Å². The molecule has 6 heteroatoms. The predicted molar refractivity (Wildman–Crippen MR) is 92.5 cm³/mol. The van der Waals surface area contributed by atoms with E-state index in [-0.39, 0.29) is 30.2 Å². The van der Waals surface area contributed by atoms with Crippen LogP contribution in [0.2, 0.25) is 0 Å². The lowest BCUT2D eigenvalue weighted by molar-refractivity contribution is -0.136. The standard InChI is InChI=1S/C19H23NO5/c1-4-20(10-15(21)14-7-5-12(2)6-8-14)19(24)18-13(3)11-25-16(18)9-17(22)23/h5-8,11,15,21H,4,9-10H2,1-3H3,(H,22,23). The quantitative estimate of drug-likeness (QED) is 0.805. The van der Waals surface area contributed by atoms with Crippen LogP contribution in [0.15, 0.2) is 34.9 Å². The summed E-state index contributed by atoms with van der Waals surface area (Å²) in [5, 5.41) is 19.4. The van der Waals surface area contributed by atoms with E-state index in [1.165, 1.54) is 11.2 Å². The molecule has 1 atom stereocenters. The van der Waals surface area contributed by atoms with Gasteiger partial charge in [-0.15, -0.1) is 0 Å². The second-order valence-electron chi connectivity index (χ2n) is 6.06. The van der Waals surface area contributed by atoms with Crippen molar-refractivity contribution in [3.05, 3.63) is 58.5 Å². The fourth-order valence-corrected chi connectivity index (χ4v) is 2.67. The van der Waals surface area contributed by atoms with Crippen molar-refractivity contribution < 1.29 is 24.2 Å². The highest BCUT2D eigenvalue weighted by atomic mass is 16.4. The molecule has 6 nitrogen and oxygen atoms in total. The Labute approximate surface area is 146 Å². The predicted octanol–water partition coefficient (Wildman–Crippen LogP) is 2.72. The van der Waals surface area contributed by atoms with Crippen LogP contribution in [0.1, 0.15) is 45.8 Å². The van der Waals surface area contributed by atoms with E-state index in [4.69, 9.17) is 9.52 Å². The first kappa shape index (κ1) is 18.7. The molecule has 0 fully saturated rings.